The van der Waals surface area contributed by atoms with Crippen LogP contribution in [-0.2, 0) is 4.74 Å². The zero-order valence-corrected chi connectivity index (χ0v) is 11.0. The third-order valence-corrected chi connectivity index (χ3v) is 1.58. The first-order chi connectivity index (χ1) is 6.81. The van der Waals surface area contributed by atoms with E-state index in [0.717, 1.165) is 13.1 Å². The van der Waals surface area contributed by atoms with E-state index in [-0.39, 0.29) is 12.1 Å². The first-order valence-corrected chi connectivity index (χ1v) is 5.11. The number of alkyl halides is 2. The number of halogens is 2. The summed E-state index contributed by atoms with van der Waals surface area (Å²) in [6.07, 6.45) is 0.952. The molecule has 0 amide bonds. The second-order valence-electron chi connectivity index (χ2n) is 5.28. The Hall–Kier alpha value is -0.550. The predicted octanol–water partition coefficient (Wildman–Crippen LogP) is 2.83. The van der Waals surface area contributed by atoms with Gasteiger partial charge in [0, 0.05) is 18.7 Å². The Balaban J connectivity index is 0. The van der Waals surface area contributed by atoms with Gasteiger partial charge in [-0.1, -0.05) is 0 Å². The molecule has 0 fully saturated rings. The minimum absolute atomic E-state index is 0. The quantitative estimate of drug-likeness (QED) is 0.740. The van der Waals surface area contributed by atoms with Crippen molar-refractivity contribution in [3.8, 4) is 0 Å². The highest BCUT2D eigenvalue weighted by Gasteiger charge is 2.42. The van der Waals surface area contributed by atoms with E-state index in [1.807, 2.05) is 20.8 Å². The topological polar surface area (TPSA) is 59.1 Å². The smallest absolute Gasteiger partial charge is 0.273 e. The fourth-order valence-electron chi connectivity index (χ4n) is 0.377. The lowest BCUT2D eigenvalue weighted by molar-refractivity contribution is -0.171. The second kappa shape index (κ2) is 6.25. The lowest BCUT2D eigenvalue weighted by Crippen LogP contribution is -2.43. The van der Waals surface area contributed by atoms with Crippen molar-refractivity contribution in [2.24, 2.45) is 5.73 Å². The van der Waals surface area contributed by atoms with Crippen molar-refractivity contribution in [2.45, 2.75) is 58.6 Å². The molecule has 0 rings (SSSR count). The monoisotopic (exact) mass is 238 g/mol. The Labute approximate surface area is 96.9 Å². The molecule has 0 aromatic heterocycles. The number of hydrogen-bond donors (Lipinski definition) is 2. The van der Waals surface area contributed by atoms with Crippen molar-refractivity contribution in [3.63, 3.8) is 0 Å². The minimum atomic E-state index is -2.88. The van der Waals surface area contributed by atoms with Gasteiger partial charge in [0.1, 0.15) is 5.60 Å². The molecule has 0 aliphatic heterocycles. The third-order valence-electron chi connectivity index (χ3n) is 1.58. The summed E-state index contributed by atoms with van der Waals surface area (Å²) in [6.45, 7) is 9.23. The molecular weight excluding hydrogens is 214 g/mol. The maximum Gasteiger partial charge on any atom is 0.273 e. The molecule has 5 heteroatoms. The predicted molar refractivity (Wildman–Crippen MR) is 63.4 cm³/mol. The molecule has 0 radical (unpaired) electrons. The summed E-state index contributed by atoms with van der Waals surface area (Å²) in [6, 6.07) is 0. The summed E-state index contributed by atoms with van der Waals surface area (Å²) in [4.78, 5) is 0. The van der Waals surface area contributed by atoms with Crippen molar-refractivity contribution >= 4 is 6.21 Å². The first kappa shape index (κ1) is 17.8. The molecule has 0 aliphatic rings. The molecule has 0 atom stereocenters. The number of rotatable bonds is 4. The highest BCUT2D eigenvalue weighted by molar-refractivity contribution is 5.54. The van der Waals surface area contributed by atoms with E-state index >= 15 is 0 Å². The molecule has 0 saturated carbocycles. The standard InChI is InChI=1S/C7H13F2NO.C4H11N/c1-6(2,7(3,8)9)11-5-4-10;1-4(2,3)5/h4,10H,5H2,1-3H3;5H2,1-3H3. The Kier molecular flexibility index (Phi) is 6.97. The van der Waals surface area contributed by atoms with Gasteiger partial charge in [-0.3, -0.25) is 0 Å². The Morgan fingerprint density at radius 3 is 1.62 bits per heavy atom. The van der Waals surface area contributed by atoms with Gasteiger partial charge in [0.15, 0.2) is 0 Å². The second-order valence-corrected chi connectivity index (χ2v) is 5.28. The van der Waals surface area contributed by atoms with Crippen LogP contribution in [-0.4, -0.2) is 29.9 Å². The van der Waals surface area contributed by atoms with Crippen LogP contribution in [0.15, 0.2) is 0 Å². The van der Waals surface area contributed by atoms with E-state index in [4.69, 9.17) is 15.9 Å². The van der Waals surface area contributed by atoms with E-state index in [1.54, 1.807) is 0 Å². The number of nitrogens with two attached hydrogens (primary N) is 1. The molecule has 16 heavy (non-hydrogen) atoms. The van der Waals surface area contributed by atoms with E-state index in [2.05, 4.69) is 0 Å². The summed E-state index contributed by atoms with van der Waals surface area (Å²) in [5.41, 5.74) is 3.86. The van der Waals surface area contributed by atoms with Crippen molar-refractivity contribution < 1.29 is 13.5 Å². The van der Waals surface area contributed by atoms with Crippen molar-refractivity contribution in [1.82, 2.24) is 0 Å². The van der Waals surface area contributed by atoms with Crippen LogP contribution in [0.1, 0.15) is 41.5 Å². The van der Waals surface area contributed by atoms with Crippen LogP contribution in [0.25, 0.3) is 0 Å². The van der Waals surface area contributed by atoms with E-state index in [9.17, 15) is 8.78 Å². The molecule has 0 aromatic carbocycles. The minimum Gasteiger partial charge on any atom is -0.364 e. The third kappa shape index (κ3) is 11.5. The van der Waals surface area contributed by atoms with E-state index in [0.29, 0.717) is 0 Å². The van der Waals surface area contributed by atoms with Gasteiger partial charge in [0.2, 0.25) is 0 Å². The van der Waals surface area contributed by atoms with Crippen LogP contribution in [0.3, 0.4) is 0 Å². The van der Waals surface area contributed by atoms with E-state index < -0.39 is 11.5 Å². The zero-order valence-electron chi connectivity index (χ0n) is 11.0. The normalized spacial score (nSPS) is 12.8. The van der Waals surface area contributed by atoms with Gasteiger partial charge in [-0.25, -0.2) is 8.78 Å². The van der Waals surface area contributed by atoms with Gasteiger partial charge in [-0.05, 0) is 34.6 Å². The average molecular weight is 238 g/mol. The van der Waals surface area contributed by atoms with Crippen LogP contribution < -0.4 is 5.73 Å². The average Bonchev–Trinajstić information content (AvgIpc) is 1.95. The summed E-state index contributed by atoms with van der Waals surface area (Å²) < 4.78 is 30.0. The Morgan fingerprint density at radius 2 is 1.44 bits per heavy atom. The molecule has 0 unspecified atom stereocenters. The maximum atomic E-state index is 12.6. The van der Waals surface area contributed by atoms with Crippen LogP contribution in [0.2, 0.25) is 0 Å². The van der Waals surface area contributed by atoms with Gasteiger partial charge >= 0.3 is 0 Å². The largest absolute Gasteiger partial charge is 0.364 e. The molecule has 3 N–H and O–H groups in total. The zero-order chi connectivity index (χ0) is 13.6. The number of ether oxygens (including phenoxy) is 1. The molecule has 0 heterocycles. The van der Waals surface area contributed by atoms with Gasteiger partial charge in [-0.2, -0.15) is 0 Å². The molecule has 0 aliphatic carbocycles. The molecule has 3 nitrogen and oxygen atoms in total. The molecular formula is C11H24F2N2O. The fraction of sp³-hybridized carbons (Fsp3) is 0.909. The van der Waals surface area contributed by atoms with E-state index in [1.165, 1.54) is 13.8 Å². The molecule has 0 saturated heterocycles. The summed E-state index contributed by atoms with van der Waals surface area (Å²) in [5.74, 6) is -2.88. The summed E-state index contributed by atoms with van der Waals surface area (Å²) in [7, 11) is 0. The lowest BCUT2D eigenvalue weighted by Gasteiger charge is -2.30. The highest BCUT2D eigenvalue weighted by Crippen LogP contribution is 2.30. The van der Waals surface area contributed by atoms with Crippen molar-refractivity contribution in [2.75, 3.05) is 6.61 Å². The molecule has 0 spiro atoms. The Morgan fingerprint density at radius 1 is 1.12 bits per heavy atom. The van der Waals surface area contributed by atoms with Crippen LogP contribution in [0, 0.1) is 5.41 Å². The SMILES string of the molecule is CC(C)(C)N.CC(F)(F)C(C)(C)OCC=N. The van der Waals surface area contributed by atoms with Gasteiger partial charge in [0.25, 0.3) is 5.92 Å². The highest BCUT2D eigenvalue weighted by atomic mass is 19.3. The van der Waals surface area contributed by atoms with Gasteiger partial charge in [-0.15, -0.1) is 0 Å². The summed E-state index contributed by atoms with van der Waals surface area (Å²) >= 11 is 0. The fourth-order valence-corrected chi connectivity index (χ4v) is 0.377. The van der Waals surface area contributed by atoms with Crippen LogP contribution >= 0.6 is 0 Å². The maximum absolute atomic E-state index is 12.6. The Bertz CT molecular complexity index is 199. The van der Waals surface area contributed by atoms with Gasteiger partial charge < -0.3 is 15.9 Å². The van der Waals surface area contributed by atoms with Gasteiger partial charge in [0.05, 0.1) is 6.61 Å². The molecule has 0 aromatic rings. The summed E-state index contributed by atoms with van der Waals surface area (Å²) in [5, 5.41) is 6.59. The van der Waals surface area contributed by atoms with Crippen molar-refractivity contribution in [3.05, 3.63) is 0 Å². The number of nitrogens with one attached hydrogen (secondary N) is 1. The molecule has 98 valence electrons. The van der Waals surface area contributed by atoms with Crippen molar-refractivity contribution in [1.29, 1.82) is 5.41 Å². The lowest BCUT2D eigenvalue weighted by atomic mass is 10.0. The first-order valence-electron chi connectivity index (χ1n) is 5.11. The van der Waals surface area contributed by atoms with Crippen LogP contribution in [0.5, 0.6) is 0 Å². The number of hydrogen-bond acceptors (Lipinski definition) is 3. The molecule has 0 bridgehead atoms. The van der Waals surface area contributed by atoms with Crippen LogP contribution in [0.4, 0.5) is 8.78 Å².